The van der Waals surface area contributed by atoms with Crippen molar-refractivity contribution in [1.29, 1.82) is 0 Å². The fourth-order valence-corrected chi connectivity index (χ4v) is 2.15. The van der Waals surface area contributed by atoms with Gasteiger partial charge in [0.15, 0.2) is 0 Å². The molecule has 0 aliphatic carbocycles. The summed E-state index contributed by atoms with van der Waals surface area (Å²) in [5.41, 5.74) is 3.74. The van der Waals surface area contributed by atoms with Gasteiger partial charge >= 0.3 is 5.97 Å². The molecule has 0 unspecified atom stereocenters. The molecule has 0 bridgehead atoms. The third-order valence-corrected chi connectivity index (χ3v) is 3.30. The Balaban J connectivity index is 2.21. The number of hydrazone groups is 1. The van der Waals surface area contributed by atoms with Gasteiger partial charge in [-0.1, -0.05) is 6.07 Å². The van der Waals surface area contributed by atoms with Gasteiger partial charge in [-0.25, -0.2) is 14.2 Å². The van der Waals surface area contributed by atoms with Crippen molar-refractivity contribution < 1.29 is 13.9 Å². The minimum absolute atomic E-state index is 0.0696. The van der Waals surface area contributed by atoms with E-state index in [0.29, 0.717) is 5.13 Å². The number of benzene rings is 1. The Kier molecular flexibility index (Phi) is 4.41. The second-order valence-electron chi connectivity index (χ2n) is 3.86. The summed E-state index contributed by atoms with van der Waals surface area (Å²) in [6.07, 6.45) is 1.23. The van der Waals surface area contributed by atoms with Gasteiger partial charge in [-0.05, 0) is 19.1 Å². The number of esters is 1. The smallest absolute Gasteiger partial charge is 0.338 e. The Hall–Kier alpha value is -2.28. The molecule has 2 aromatic rings. The largest absolute Gasteiger partial charge is 0.465 e. The first-order valence-corrected chi connectivity index (χ1v) is 6.58. The minimum Gasteiger partial charge on any atom is -0.465 e. The number of carbonyl (C=O) groups is 1. The molecule has 1 aromatic heterocycles. The highest BCUT2D eigenvalue weighted by Gasteiger charge is 2.13. The monoisotopic (exact) mass is 293 g/mol. The summed E-state index contributed by atoms with van der Waals surface area (Å²) in [6, 6.07) is 4.17. The lowest BCUT2D eigenvalue weighted by molar-refractivity contribution is 0.0600. The molecule has 5 nitrogen and oxygen atoms in total. The van der Waals surface area contributed by atoms with Gasteiger partial charge in [0, 0.05) is 10.9 Å². The van der Waals surface area contributed by atoms with E-state index in [1.165, 1.54) is 42.9 Å². The number of aromatic nitrogens is 1. The normalized spacial score (nSPS) is 10.8. The zero-order valence-electron chi connectivity index (χ0n) is 10.9. The number of methoxy groups -OCH3 is 1. The van der Waals surface area contributed by atoms with Crippen molar-refractivity contribution in [3.05, 3.63) is 46.2 Å². The van der Waals surface area contributed by atoms with Crippen molar-refractivity contribution in [3.63, 3.8) is 0 Å². The molecule has 2 rings (SSSR count). The van der Waals surface area contributed by atoms with Crippen molar-refractivity contribution in [2.24, 2.45) is 5.10 Å². The lowest BCUT2D eigenvalue weighted by atomic mass is 10.1. The van der Waals surface area contributed by atoms with Crippen molar-refractivity contribution in [3.8, 4) is 0 Å². The van der Waals surface area contributed by atoms with E-state index >= 15 is 0 Å². The molecular formula is C13H12FN3O2S. The van der Waals surface area contributed by atoms with Gasteiger partial charge in [0.25, 0.3) is 0 Å². The molecule has 7 heteroatoms. The van der Waals surface area contributed by atoms with E-state index in [1.54, 1.807) is 0 Å². The third-order valence-electron chi connectivity index (χ3n) is 2.43. The Morgan fingerprint density at radius 1 is 1.55 bits per heavy atom. The maximum Gasteiger partial charge on any atom is 0.338 e. The Bertz CT molecular complexity index is 655. The molecule has 1 N–H and O–H groups in total. The second-order valence-corrected chi connectivity index (χ2v) is 4.71. The molecular weight excluding hydrogens is 281 g/mol. The summed E-state index contributed by atoms with van der Waals surface area (Å²) in [6.45, 7) is 1.86. The first kappa shape index (κ1) is 14.1. The summed E-state index contributed by atoms with van der Waals surface area (Å²) >= 11 is 1.38. The van der Waals surface area contributed by atoms with Crippen LogP contribution in [0.2, 0.25) is 0 Å². The average Bonchev–Trinajstić information content (AvgIpc) is 2.85. The number of halogens is 1. The lowest BCUT2D eigenvalue weighted by Gasteiger charge is -2.04. The van der Waals surface area contributed by atoms with Crippen LogP contribution < -0.4 is 5.43 Å². The van der Waals surface area contributed by atoms with Gasteiger partial charge in [0.1, 0.15) is 5.82 Å². The Labute approximate surface area is 119 Å². The zero-order chi connectivity index (χ0) is 14.5. The Morgan fingerprint density at radius 3 is 3.00 bits per heavy atom. The van der Waals surface area contributed by atoms with E-state index in [9.17, 15) is 9.18 Å². The molecule has 0 fully saturated rings. The number of hydrogen-bond acceptors (Lipinski definition) is 6. The summed E-state index contributed by atoms with van der Waals surface area (Å²) in [5.74, 6) is -1.16. The summed E-state index contributed by atoms with van der Waals surface area (Å²) < 4.78 is 18.3. The molecule has 104 valence electrons. The number of nitrogens with zero attached hydrogens (tertiary/aromatic N) is 2. The van der Waals surface area contributed by atoms with E-state index in [-0.39, 0.29) is 11.1 Å². The summed E-state index contributed by atoms with van der Waals surface area (Å²) in [4.78, 5) is 15.7. The van der Waals surface area contributed by atoms with Crippen molar-refractivity contribution in [2.75, 3.05) is 12.5 Å². The fraction of sp³-hybridized carbons (Fsp3) is 0.154. The van der Waals surface area contributed by atoms with E-state index in [2.05, 4.69) is 20.2 Å². The van der Waals surface area contributed by atoms with E-state index < -0.39 is 11.8 Å². The number of carbonyl (C=O) groups excluding carboxylic acids is 1. The maximum absolute atomic E-state index is 13.7. The number of thiazole rings is 1. The van der Waals surface area contributed by atoms with Gasteiger partial charge in [-0.2, -0.15) is 5.10 Å². The highest BCUT2D eigenvalue weighted by molar-refractivity contribution is 7.13. The van der Waals surface area contributed by atoms with Crippen LogP contribution in [-0.4, -0.2) is 24.3 Å². The predicted molar refractivity (Wildman–Crippen MR) is 75.8 cm³/mol. The molecule has 0 aliphatic rings. The number of anilines is 1. The van der Waals surface area contributed by atoms with Gasteiger partial charge in [0.05, 0.1) is 24.6 Å². The predicted octanol–water partition coefficient (Wildman–Crippen LogP) is 2.82. The van der Waals surface area contributed by atoms with Crippen LogP contribution in [0.5, 0.6) is 0 Å². The number of hydrogen-bond donors (Lipinski definition) is 1. The Morgan fingerprint density at radius 2 is 2.35 bits per heavy atom. The standard InChI is InChI=1S/C13H12FN3O2S/c1-8-7-20-13(16-8)17-15-6-10-9(12(18)19-2)4-3-5-11(10)14/h3-7H,1-2H3,(H,16,17). The van der Waals surface area contributed by atoms with Crippen LogP contribution in [0, 0.1) is 12.7 Å². The summed E-state index contributed by atoms with van der Waals surface area (Å²) in [7, 11) is 1.24. The second kappa shape index (κ2) is 6.25. The molecule has 0 saturated carbocycles. The van der Waals surface area contributed by atoms with Crippen LogP contribution in [0.25, 0.3) is 0 Å². The van der Waals surface area contributed by atoms with E-state index in [4.69, 9.17) is 0 Å². The molecule has 0 spiro atoms. The van der Waals surface area contributed by atoms with Gasteiger partial charge in [0.2, 0.25) is 5.13 Å². The zero-order valence-corrected chi connectivity index (χ0v) is 11.7. The van der Waals surface area contributed by atoms with Crippen LogP contribution >= 0.6 is 11.3 Å². The van der Waals surface area contributed by atoms with Crippen molar-refractivity contribution in [2.45, 2.75) is 6.92 Å². The quantitative estimate of drug-likeness (QED) is 0.535. The molecule has 0 saturated heterocycles. The topological polar surface area (TPSA) is 63.6 Å². The van der Waals surface area contributed by atoms with Crippen molar-refractivity contribution in [1.82, 2.24) is 4.98 Å². The molecule has 0 amide bonds. The number of nitrogens with one attached hydrogen (secondary N) is 1. The fourth-order valence-electron chi connectivity index (χ4n) is 1.51. The van der Waals surface area contributed by atoms with Gasteiger partial charge in [-0.3, -0.25) is 5.43 Å². The van der Waals surface area contributed by atoms with Crippen LogP contribution in [0.1, 0.15) is 21.6 Å². The molecule has 0 radical (unpaired) electrons. The third kappa shape index (κ3) is 3.18. The highest BCUT2D eigenvalue weighted by Crippen LogP contribution is 2.15. The average molecular weight is 293 g/mol. The molecule has 20 heavy (non-hydrogen) atoms. The van der Waals surface area contributed by atoms with Crippen molar-refractivity contribution >= 4 is 28.7 Å². The van der Waals surface area contributed by atoms with Crippen LogP contribution in [-0.2, 0) is 4.74 Å². The first-order valence-electron chi connectivity index (χ1n) is 5.70. The van der Waals surface area contributed by atoms with Crippen LogP contribution in [0.15, 0.2) is 28.7 Å². The first-order chi connectivity index (χ1) is 9.61. The number of rotatable bonds is 4. The highest BCUT2D eigenvalue weighted by atomic mass is 32.1. The number of aryl methyl sites for hydroxylation is 1. The van der Waals surface area contributed by atoms with Gasteiger partial charge < -0.3 is 4.74 Å². The lowest BCUT2D eigenvalue weighted by Crippen LogP contribution is -2.07. The van der Waals surface area contributed by atoms with Crippen LogP contribution in [0.3, 0.4) is 0 Å². The van der Waals surface area contributed by atoms with E-state index in [1.807, 2.05) is 12.3 Å². The van der Waals surface area contributed by atoms with E-state index in [0.717, 1.165) is 5.69 Å². The molecule has 0 aliphatic heterocycles. The molecule has 1 heterocycles. The molecule has 0 atom stereocenters. The number of ether oxygens (including phenoxy) is 1. The van der Waals surface area contributed by atoms with Crippen LogP contribution in [0.4, 0.5) is 9.52 Å². The maximum atomic E-state index is 13.7. The SMILES string of the molecule is COC(=O)c1cccc(F)c1C=NNc1nc(C)cs1. The molecule has 1 aromatic carbocycles. The van der Waals surface area contributed by atoms with Gasteiger partial charge in [-0.15, -0.1) is 11.3 Å². The summed E-state index contributed by atoms with van der Waals surface area (Å²) in [5, 5.41) is 6.34. The minimum atomic E-state index is -0.615.